The molecule has 1 aliphatic carbocycles. The molecule has 3 heteroatoms. The van der Waals surface area contributed by atoms with Gasteiger partial charge in [-0.3, -0.25) is 4.79 Å². The maximum absolute atomic E-state index is 11.6. The van der Waals surface area contributed by atoms with Gasteiger partial charge >= 0.3 is 0 Å². The van der Waals surface area contributed by atoms with E-state index in [1.807, 2.05) is 0 Å². The second-order valence-electron chi connectivity index (χ2n) is 4.98. The van der Waals surface area contributed by atoms with Crippen molar-refractivity contribution in [2.24, 2.45) is 11.3 Å². The Hall–Kier alpha value is -0.570. The van der Waals surface area contributed by atoms with Crippen LogP contribution in [0.3, 0.4) is 0 Å². The van der Waals surface area contributed by atoms with Gasteiger partial charge in [-0.25, -0.2) is 0 Å². The normalized spacial score (nSPS) is 29.6. The zero-order valence-corrected chi connectivity index (χ0v) is 8.94. The van der Waals surface area contributed by atoms with Crippen LogP contribution >= 0.6 is 0 Å². The minimum atomic E-state index is -0.0118. The van der Waals surface area contributed by atoms with Crippen LogP contribution in [0.5, 0.6) is 0 Å². The SMILES string of the molecule is CC1(C(=O)NCC2CCCNC2)CC1. The zero-order chi connectivity index (χ0) is 10.0. The van der Waals surface area contributed by atoms with Crippen LogP contribution in [0.15, 0.2) is 0 Å². The Balaban J connectivity index is 1.68. The third-order valence-corrected chi connectivity index (χ3v) is 3.50. The highest BCUT2D eigenvalue weighted by Crippen LogP contribution is 2.44. The standard InChI is InChI=1S/C11H20N2O/c1-11(4-5-11)10(14)13-8-9-3-2-6-12-7-9/h9,12H,2-8H2,1H3,(H,13,14). The van der Waals surface area contributed by atoms with Crippen LogP contribution in [0.2, 0.25) is 0 Å². The van der Waals surface area contributed by atoms with Gasteiger partial charge in [0.25, 0.3) is 0 Å². The van der Waals surface area contributed by atoms with E-state index in [2.05, 4.69) is 17.6 Å². The van der Waals surface area contributed by atoms with Gasteiger partial charge in [0.05, 0.1) is 0 Å². The van der Waals surface area contributed by atoms with Crippen molar-refractivity contribution in [1.82, 2.24) is 10.6 Å². The van der Waals surface area contributed by atoms with Crippen molar-refractivity contribution in [1.29, 1.82) is 0 Å². The molecule has 14 heavy (non-hydrogen) atoms. The fraction of sp³-hybridized carbons (Fsp3) is 0.909. The highest BCUT2D eigenvalue weighted by molar-refractivity contribution is 5.84. The van der Waals surface area contributed by atoms with Crippen LogP contribution in [0.25, 0.3) is 0 Å². The van der Waals surface area contributed by atoms with Gasteiger partial charge in [-0.1, -0.05) is 6.92 Å². The van der Waals surface area contributed by atoms with Crippen molar-refractivity contribution in [3.63, 3.8) is 0 Å². The molecule has 0 aromatic heterocycles. The summed E-state index contributed by atoms with van der Waals surface area (Å²) in [6.45, 7) is 5.13. The van der Waals surface area contributed by atoms with E-state index in [4.69, 9.17) is 0 Å². The van der Waals surface area contributed by atoms with Crippen LogP contribution < -0.4 is 10.6 Å². The number of nitrogens with one attached hydrogen (secondary N) is 2. The lowest BCUT2D eigenvalue weighted by atomic mass is 9.99. The highest BCUT2D eigenvalue weighted by atomic mass is 16.2. The van der Waals surface area contributed by atoms with Crippen molar-refractivity contribution < 1.29 is 4.79 Å². The molecule has 2 rings (SSSR count). The number of carbonyl (C=O) groups excluding carboxylic acids is 1. The topological polar surface area (TPSA) is 41.1 Å². The maximum Gasteiger partial charge on any atom is 0.225 e. The molecule has 1 atom stereocenters. The molecule has 0 radical (unpaired) electrons. The Morgan fingerprint density at radius 2 is 2.36 bits per heavy atom. The molecule has 2 aliphatic rings. The first-order chi connectivity index (χ1) is 6.71. The summed E-state index contributed by atoms with van der Waals surface area (Å²) in [4.78, 5) is 11.6. The van der Waals surface area contributed by atoms with Gasteiger partial charge in [0.2, 0.25) is 5.91 Å². The van der Waals surface area contributed by atoms with Gasteiger partial charge in [0.15, 0.2) is 0 Å². The summed E-state index contributed by atoms with van der Waals surface area (Å²) < 4.78 is 0. The average Bonchev–Trinajstić information content (AvgIpc) is 2.96. The molecule has 0 bridgehead atoms. The van der Waals surface area contributed by atoms with E-state index in [9.17, 15) is 4.79 Å². The molecule has 3 nitrogen and oxygen atoms in total. The highest BCUT2D eigenvalue weighted by Gasteiger charge is 2.44. The molecule has 2 N–H and O–H groups in total. The van der Waals surface area contributed by atoms with Crippen LogP contribution in [-0.2, 0) is 4.79 Å². The van der Waals surface area contributed by atoms with Gasteiger partial charge in [-0.15, -0.1) is 0 Å². The zero-order valence-electron chi connectivity index (χ0n) is 8.94. The van der Waals surface area contributed by atoms with Crippen molar-refractivity contribution in [2.45, 2.75) is 32.6 Å². The van der Waals surface area contributed by atoms with E-state index < -0.39 is 0 Å². The summed E-state index contributed by atoms with van der Waals surface area (Å²) in [6, 6.07) is 0. The molecule has 0 aromatic rings. The van der Waals surface area contributed by atoms with Crippen LogP contribution in [0.1, 0.15) is 32.6 Å². The fourth-order valence-corrected chi connectivity index (χ4v) is 1.96. The molecular formula is C11H20N2O. The average molecular weight is 196 g/mol. The van der Waals surface area contributed by atoms with Crippen molar-refractivity contribution in [3.05, 3.63) is 0 Å². The molecule has 1 amide bonds. The van der Waals surface area contributed by atoms with Gasteiger partial charge in [0, 0.05) is 12.0 Å². The van der Waals surface area contributed by atoms with Crippen LogP contribution in [0.4, 0.5) is 0 Å². The lowest BCUT2D eigenvalue weighted by Gasteiger charge is -2.23. The Kier molecular flexibility index (Phi) is 2.77. The molecule has 1 heterocycles. The predicted octanol–water partition coefficient (Wildman–Crippen LogP) is 0.902. The van der Waals surface area contributed by atoms with Crippen molar-refractivity contribution in [2.75, 3.05) is 19.6 Å². The van der Waals surface area contributed by atoms with E-state index in [1.54, 1.807) is 0 Å². The Morgan fingerprint density at radius 1 is 1.57 bits per heavy atom. The first kappa shape index (κ1) is 9.97. The van der Waals surface area contributed by atoms with Gasteiger partial charge in [-0.2, -0.15) is 0 Å². The lowest BCUT2D eigenvalue weighted by Crippen LogP contribution is -2.40. The van der Waals surface area contributed by atoms with Gasteiger partial charge in [0.1, 0.15) is 0 Å². The lowest BCUT2D eigenvalue weighted by molar-refractivity contribution is -0.125. The van der Waals surface area contributed by atoms with Crippen molar-refractivity contribution in [3.8, 4) is 0 Å². The number of hydrogen-bond acceptors (Lipinski definition) is 2. The second-order valence-corrected chi connectivity index (χ2v) is 4.98. The third kappa shape index (κ3) is 2.27. The second kappa shape index (κ2) is 3.89. The van der Waals surface area contributed by atoms with E-state index in [1.165, 1.54) is 12.8 Å². The molecule has 1 aliphatic heterocycles. The summed E-state index contributed by atoms with van der Waals surface area (Å²) in [7, 11) is 0. The van der Waals surface area contributed by atoms with E-state index in [0.29, 0.717) is 5.92 Å². The predicted molar refractivity (Wildman–Crippen MR) is 55.9 cm³/mol. The minimum absolute atomic E-state index is 0.0118. The Bertz CT molecular complexity index is 217. The van der Waals surface area contributed by atoms with E-state index in [0.717, 1.165) is 32.5 Å². The first-order valence-electron chi connectivity index (χ1n) is 5.70. The monoisotopic (exact) mass is 196 g/mol. The van der Waals surface area contributed by atoms with Gasteiger partial charge < -0.3 is 10.6 Å². The minimum Gasteiger partial charge on any atom is -0.355 e. The number of amides is 1. The fourth-order valence-electron chi connectivity index (χ4n) is 1.96. The Labute approximate surface area is 85.6 Å². The Morgan fingerprint density at radius 3 is 2.93 bits per heavy atom. The first-order valence-corrected chi connectivity index (χ1v) is 5.70. The molecule has 80 valence electrons. The van der Waals surface area contributed by atoms with Crippen LogP contribution in [0, 0.1) is 11.3 Å². The molecule has 0 spiro atoms. The number of piperidine rings is 1. The molecule has 1 saturated carbocycles. The summed E-state index contributed by atoms with van der Waals surface area (Å²) >= 11 is 0. The number of hydrogen-bond donors (Lipinski definition) is 2. The summed E-state index contributed by atoms with van der Waals surface area (Å²) in [6.07, 6.45) is 4.64. The molecular weight excluding hydrogens is 176 g/mol. The largest absolute Gasteiger partial charge is 0.355 e. The summed E-state index contributed by atoms with van der Waals surface area (Å²) in [5.41, 5.74) is -0.0118. The van der Waals surface area contributed by atoms with Crippen LogP contribution in [-0.4, -0.2) is 25.5 Å². The summed E-state index contributed by atoms with van der Waals surface area (Å²) in [5, 5.41) is 6.44. The van der Waals surface area contributed by atoms with Gasteiger partial charge in [-0.05, 0) is 44.7 Å². The van der Waals surface area contributed by atoms with E-state index in [-0.39, 0.29) is 11.3 Å². The van der Waals surface area contributed by atoms with E-state index >= 15 is 0 Å². The number of carbonyl (C=O) groups is 1. The smallest absolute Gasteiger partial charge is 0.225 e. The number of rotatable bonds is 3. The molecule has 2 fully saturated rings. The quantitative estimate of drug-likeness (QED) is 0.704. The molecule has 0 aromatic carbocycles. The summed E-state index contributed by atoms with van der Waals surface area (Å²) in [5.74, 6) is 0.915. The van der Waals surface area contributed by atoms with Crippen molar-refractivity contribution >= 4 is 5.91 Å². The third-order valence-electron chi connectivity index (χ3n) is 3.50. The molecule has 1 saturated heterocycles. The molecule has 1 unspecified atom stereocenters. The maximum atomic E-state index is 11.6.